The Morgan fingerprint density at radius 3 is 2.19 bits per heavy atom. The first-order chi connectivity index (χ1) is 14.9. The Kier molecular flexibility index (Phi) is 7.78. The number of hydrogen-bond donors (Lipinski definition) is 0. The zero-order valence-electron chi connectivity index (χ0n) is 17.3. The van der Waals surface area contributed by atoms with E-state index in [1.54, 1.807) is 24.3 Å². The summed E-state index contributed by atoms with van der Waals surface area (Å²) in [5.41, 5.74) is 0.570. The van der Waals surface area contributed by atoms with Crippen LogP contribution in [-0.4, -0.2) is 64.0 Å². The van der Waals surface area contributed by atoms with Gasteiger partial charge in [0.05, 0.1) is 30.3 Å². The molecule has 1 aliphatic rings. The zero-order valence-corrected chi connectivity index (χ0v) is 18.1. The molecule has 0 aliphatic carbocycles. The van der Waals surface area contributed by atoms with Gasteiger partial charge in [0.1, 0.15) is 5.75 Å². The van der Waals surface area contributed by atoms with E-state index in [0.29, 0.717) is 44.2 Å². The average molecular weight is 448 g/mol. The van der Waals surface area contributed by atoms with Crippen molar-refractivity contribution >= 4 is 21.8 Å². The van der Waals surface area contributed by atoms with Gasteiger partial charge < -0.3 is 14.2 Å². The summed E-state index contributed by atoms with van der Waals surface area (Å²) in [6, 6.07) is 12.1. The summed E-state index contributed by atoms with van der Waals surface area (Å²) in [4.78, 5) is 24.6. The van der Waals surface area contributed by atoms with Gasteiger partial charge in [-0.15, -0.1) is 0 Å². The summed E-state index contributed by atoms with van der Waals surface area (Å²) in [7, 11) is -3.63. The van der Waals surface area contributed by atoms with Crippen LogP contribution in [0.3, 0.4) is 0 Å². The Morgan fingerprint density at radius 2 is 1.58 bits per heavy atom. The number of carbonyl (C=O) groups excluding carboxylic acids is 2. The summed E-state index contributed by atoms with van der Waals surface area (Å²) < 4.78 is 42.3. The first kappa shape index (κ1) is 22.9. The average Bonchev–Trinajstić information content (AvgIpc) is 2.82. The van der Waals surface area contributed by atoms with E-state index in [4.69, 9.17) is 14.2 Å². The van der Waals surface area contributed by atoms with E-state index in [-0.39, 0.29) is 10.5 Å². The first-order valence-electron chi connectivity index (χ1n) is 10.0. The first-order valence-corrected chi connectivity index (χ1v) is 11.5. The highest BCUT2D eigenvalue weighted by molar-refractivity contribution is 7.89. The SMILES string of the molecule is CCCOc1ccc(C(=O)OCC(=O)c2ccc(S(=O)(=O)N3CCOCC3)cc2)cc1. The lowest BCUT2D eigenvalue weighted by molar-refractivity contribution is 0.0474. The molecule has 31 heavy (non-hydrogen) atoms. The number of nitrogens with zero attached hydrogens (tertiary/aromatic N) is 1. The van der Waals surface area contributed by atoms with Crippen molar-refractivity contribution in [2.75, 3.05) is 39.5 Å². The van der Waals surface area contributed by atoms with Crippen LogP contribution in [0.25, 0.3) is 0 Å². The predicted octanol–water partition coefficient (Wildman–Crippen LogP) is 2.54. The Balaban J connectivity index is 1.56. The van der Waals surface area contributed by atoms with Crippen molar-refractivity contribution in [1.29, 1.82) is 0 Å². The number of carbonyl (C=O) groups is 2. The zero-order chi connectivity index (χ0) is 22.3. The second kappa shape index (κ2) is 10.5. The number of benzene rings is 2. The van der Waals surface area contributed by atoms with Gasteiger partial charge in [0.25, 0.3) is 0 Å². The molecule has 0 N–H and O–H groups in total. The van der Waals surface area contributed by atoms with Gasteiger partial charge in [-0.1, -0.05) is 6.92 Å². The lowest BCUT2D eigenvalue weighted by Gasteiger charge is -2.26. The molecular formula is C22H25NO7S. The molecule has 9 heteroatoms. The lowest BCUT2D eigenvalue weighted by atomic mass is 10.1. The molecule has 1 saturated heterocycles. The molecule has 0 amide bonds. The van der Waals surface area contributed by atoms with E-state index in [9.17, 15) is 18.0 Å². The molecule has 0 radical (unpaired) electrons. The quantitative estimate of drug-likeness (QED) is 0.430. The van der Waals surface area contributed by atoms with Crippen molar-refractivity contribution in [3.05, 3.63) is 59.7 Å². The number of hydrogen-bond acceptors (Lipinski definition) is 7. The fraction of sp³-hybridized carbons (Fsp3) is 0.364. The van der Waals surface area contributed by atoms with Gasteiger partial charge in [-0.3, -0.25) is 4.79 Å². The highest BCUT2D eigenvalue weighted by atomic mass is 32.2. The molecule has 1 fully saturated rings. The summed E-state index contributed by atoms with van der Waals surface area (Å²) in [5.74, 6) is -0.393. The monoisotopic (exact) mass is 447 g/mol. The van der Waals surface area contributed by atoms with Crippen LogP contribution in [-0.2, 0) is 19.5 Å². The highest BCUT2D eigenvalue weighted by Crippen LogP contribution is 2.18. The van der Waals surface area contributed by atoms with E-state index in [1.165, 1.54) is 28.6 Å². The van der Waals surface area contributed by atoms with Crippen LogP contribution in [0.15, 0.2) is 53.4 Å². The van der Waals surface area contributed by atoms with Crippen molar-refractivity contribution in [1.82, 2.24) is 4.31 Å². The van der Waals surface area contributed by atoms with Crippen LogP contribution in [0.1, 0.15) is 34.1 Å². The van der Waals surface area contributed by atoms with E-state index >= 15 is 0 Å². The maximum absolute atomic E-state index is 12.6. The van der Waals surface area contributed by atoms with Gasteiger partial charge in [0, 0.05) is 18.7 Å². The minimum absolute atomic E-state index is 0.105. The molecule has 1 aliphatic heterocycles. The number of Topliss-reactive ketones (excluding diaryl/α,β-unsaturated/α-hetero) is 1. The molecule has 2 aromatic carbocycles. The standard InChI is InChI=1S/C22H25NO7S/c1-2-13-29-19-7-3-18(4-8-19)22(25)30-16-21(24)17-5-9-20(10-6-17)31(26,27)23-11-14-28-15-12-23/h3-10H,2,11-16H2,1H3. The second-order valence-electron chi connectivity index (χ2n) is 6.91. The molecule has 0 saturated carbocycles. The fourth-order valence-corrected chi connectivity index (χ4v) is 4.36. The molecular weight excluding hydrogens is 422 g/mol. The molecule has 3 rings (SSSR count). The molecule has 2 aromatic rings. The molecule has 0 aromatic heterocycles. The maximum atomic E-state index is 12.6. The van der Waals surface area contributed by atoms with Crippen LogP contribution < -0.4 is 4.74 Å². The van der Waals surface area contributed by atoms with Crippen molar-refractivity contribution < 1.29 is 32.2 Å². The molecule has 0 atom stereocenters. The van der Waals surface area contributed by atoms with Crippen molar-refractivity contribution in [2.24, 2.45) is 0 Å². The Hall–Kier alpha value is -2.75. The van der Waals surface area contributed by atoms with Gasteiger partial charge in [0.15, 0.2) is 12.4 Å². The van der Waals surface area contributed by atoms with Crippen molar-refractivity contribution in [3.8, 4) is 5.75 Å². The summed E-state index contributed by atoms with van der Waals surface area (Å²) >= 11 is 0. The smallest absolute Gasteiger partial charge is 0.338 e. The molecule has 8 nitrogen and oxygen atoms in total. The van der Waals surface area contributed by atoms with Crippen LogP contribution in [0, 0.1) is 0 Å². The van der Waals surface area contributed by atoms with Gasteiger partial charge in [-0.25, -0.2) is 13.2 Å². The number of ketones is 1. The third-order valence-electron chi connectivity index (χ3n) is 4.68. The lowest BCUT2D eigenvalue weighted by Crippen LogP contribution is -2.40. The number of sulfonamides is 1. The van der Waals surface area contributed by atoms with E-state index in [1.807, 2.05) is 6.92 Å². The number of ether oxygens (including phenoxy) is 3. The molecule has 0 spiro atoms. The van der Waals surface area contributed by atoms with Gasteiger partial charge in [0.2, 0.25) is 10.0 Å². The normalized spacial score (nSPS) is 14.7. The van der Waals surface area contributed by atoms with Crippen LogP contribution in [0.4, 0.5) is 0 Å². The molecule has 166 valence electrons. The largest absolute Gasteiger partial charge is 0.494 e. The minimum Gasteiger partial charge on any atom is -0.494 e. The van der Waals surface area contributed by atoms with Crippen molar-refractivity contribution in [3.63, 3.8) is 0 Å². The van der Waals surface area contributed by atoms with Crippen LogP contribution in [0.5, 0.6) is 5.75 Å². The van der Waals surface area contributed by atoms with E-state index in [0.717, 1.165) is 6.42 Å². The minimum atomic E-state index is -3.63. The third-order valence-corrected chi connectivity index (χ3v) is 6.59. The second-order valence-corrected chi connectivity index (χ2v) is 8.85. The fourth-order valence-electron chi connectivity index (χ4n) is 2.95. The summed E-state index contributed by atoms with van der Waals surface area (Å²) in [6.45, 7) is 3.45. The van der Waals surface area contributed by atoms with E-state index in [2.05, 4.69) is 0 Å². The highest BCUT2D eigenvalue weighted by Gasteiger charge is 2.26. The van der Waals surface area contributed by atoms with Crippen LogP contribution in [0.2, 0.25) is 0 Å². The summed E-state index contributed by atoms with van der Waals surface area (Å²) in [5, 5.41) is 0. The third kappa shape index (κ3) is 5.90. The summed E-state index contributed by atoms with van der Waals surface area (Å²) in [6.07, 6.45) is 0.881. The van der Waals surface area contributed by atoms with E-state index < -0.39 is 28.4 Å². The molecule has 0 bridgehead atoms. The predicted molar refractivity (Wildman–Crippen MR) is 113 cm³/mol. The number of morpholine rings is 1. The topological polar surface area (TPSA) is 99.2 Å². The number of rotatable bonds is 9. The van der Waals surface area contributed by atoms with Crippen molar-refractivity contribution in [2.45, 2.75) is 18.2 Å². The Labute approximate surface area is 181 Å². The number of esters is 1. The maximum Gasteiger partial charge on any atom is 0.338 e. The van der Waals surface area contributed by atoms with Gasteiger partial charge in [-0.2, -0.15) is 4.31 Å². The Morgan fingerprint density at radius 1 is 0.968 bits per heavy atom. The van der Waals surface area contributed by atoms with Gasteiger partial charge >= 0.3 is 5.97 Å². The Bertz CT molecular complexity index is 995. The van der Waals surface area contributed by atoms with Crippen LogP contribution >= 0.6 is 0 Å². The molecule has 0 unspecified atom stereocenters. The van der Waals surface area contributed by atoms with Gasteiger partial charge in [-0.05, 0) is 55.0 Å². The molecule has 1 heterocycles.